The van der Waals surface area contributed by atoms with Crippen LogP contribution in [0.15, 0.2) is 72.8 Å². The molecule has 37 heavy (non-hydrogen) atoms. The van der Waals surface area contributed by atoms with Crippen LogP contribution in [0, 0.1) is 26.7 Å². The predicted octanol–water partition coefficient (Wildman–Crippen LogP) is 6.26. The van der Waals surface area contributed by atoms with Crippen LogP contribution in [0.5, 0.6) is 0 Å². The van der Waals surface area contributed by atoms with Crippen LogP contribution in [0.25, 0.3) is 0 Å². The molecule has 196 valence electrons. The van der Waals surface area contributed by atoms with E-state index in [0.29, 0.717) is 31.2 Å². The van der Waals surface area contributed by atoms with Gasteiger partial charge in [-0.05, 0) is 48.9 Å². The molecule has 3 aromatic rings. The summed E-state index contributed by atoms with van der Waals surface area (Å²) in [6.45, 7) is 11.4. The first-order valence-electron chi connectivity index (χ1n) is 13.0. The molecule has 3 aromatic carbocycles. The van der Waals surface area contributed by atoms with Crippen LogP contribution >= 0.6 is 11.8 Å². The van der Waals surface area contributed by atoms with Crippen molar-refractivity contribution >= 4 is 23.6 Å². The minimum absolute atomic E-state index is 0.0155. The van der Waals surface area contributed by atoms with Crippen molar-refractivity contribution in [2.45, 2.75) is 59.4 Å². The van der Waals surface area contributed by atoms with E-state index in [0.717, 1.165) is 22.4 Å². The van der Waals surface area contributed by atoms with Gasteiger partial charge >= 0.3 is 0 Å². The standard InChI is InChI=1S/C32H40N2O2S/c1-23(2)19-33-32(36)30(18-27-12-7-6-8-13-27)34(20-29-14-10-9-11-26(29)5)31(35)22-37-21-28-16-24(3)15-25(4)17-28/h6-17,23,30H,18-22H2,1-5H3,(H,33,36)/t30-/m1/s1. The van der Waals surface area contributed by atoms with Gasteiger partial charge in [0.2, 0.25) is 11.8 Å². The summed E-state index contributed by atoms with van der Waals surface area (Å²) in [7, 11) is 0. The predicted molar refractivity (Wildman–Crippen MR) is 156 cm³/mol. The van der Waals surface area contributed by atoms with Gasteiger partial charge in [0.15, 0.2) is 0 Å². The molecule has 0 aliphatic carbocycles. The summed E-state index contributed by atoms with van der Waals surface area (Å²) in [4.78, 5) is 29.1. The highest BCUT2D eigenvalue weighted by Gasteiger charge is 2.30. The number of benzene rings is 3. The molecule has 0 aromatic heterocycles. The lowest BCUT2D eigenvalue weighted by Gasteiger charge is -2.32. The largest absolute Gasteiger partial charge is 0.354 e. The van der Waals surface area contributed by atoms with Crippen LogP contribution in [0.1, 0.15) is 47.2 Å². The van der Waals surface area contributed by atoms with Gasteiger partial charge in [-0.1, -0.05) is 97.8 Å². The Kier molecular flexibility index (Phi) is 10.8. The molecule has 0 heterocycles. The van der Waals surface area contributed by atoms with Crippen molar-refractivity contribution in [1.29, 1.82) is 0 Å². The average Bonchev–Trinajstić information content (AvgIpc) is 2.85. The highest BCUT2D eigenvalue weighted by molar-refractivity contribution is 7.99. The number of carbonyl (C=O) groups is 2. The van der Waals surface area contributed by atoms with E-state index in [1.807, 2.05) is 48.5 Å². The first-order chi connectivity index (χ1) is 17.7. The molecule has 0 bridgehead atoms. The fourth-order valence-electron chi connectivity index (χ4n) is 4.44. The molecular formula is C32H40N2O2S. The van der Waals surface area contributed by atoms with Crippen LogP contribution < -0.4 is 5.32 Å². The molecule has 0 aliphatic rings. The summed E-state index contributed by atoms with van der Waals surface area (Å²) in [5.41, 5.74) is 6.89. The summed E-state index contributed by atoms with van der Waals surface area (Å²) in [5.74, 6) is 1.30. The molecule has 0 saturated heterocycles. The number of aryl methyl sites for hydroxylation is 3. The normalized spacial score (nSPS) is 11.8. The van der Waals surface area contributed by atoms with Crippen LogP contribution in [0.2, 0.25) is 0 Å². The van der Waals surface area contributed by atoms with Gasteiger partial charge in [-0.15, -0.1) is 11.8 Å². The van der Waals surface area contributed by atoms with E-state index in [1.165, 1.54) is 16.7 Å². The quantitative estimate of drug-likeness (QED) is 0.309. The Balaban J connectivity index is 1.86. The zero-order chi connectivity index (χ0) is 26.8. The highest BCUT2D eigenvalue weighted by Crippen LogP contribution is 2.21. The molecule has 5 heteroatoms. The van der Waals surface area contributed by atoms with Crippen LogP contribution in [0.3, 0.4) is 0 Å². The lowest BCUT2D eigenvalue weighted by molar-refractivity contribution is -0.139. The molecule has 0 aliphatic heterocycles. The van der Waals surface area contributed by atoms with E-state index in [9.17, 15) is 9.59 Å². The maximum atomic E-state index is 13.8. The van der Waals surface area contributed by atoms with Crippen molar-refractivity contribution in [3.05, 3.63) is 106 Å². The Hall–Kier alpha value is -3.05. The second-order valence-corrected chi connectivity index (χ2v) is 11.3. The number of amides is 2. The zero-order valence-corrected chi connectivity index (χ0v) is 23.6. The molecule has 0 spiro atoms. The monoisotopic (exact) mass is 516 g/mol. The van der Waals surface area contributed by atoms with E-state index in [1.54, 1.807) is 16.7 Å². The number of hydrogen-bond donors (Lipinski definition) is 1. The third-order valence-electron chi connectivity index (χ3n) is 6.33. The number of rotatable bonds is 12. The molecule has 0 radical (unpaired) electrons. The van der Waals surface area contributed by atoms with Gasteiger partial charge in [-0.25, -0.2) is 0 Å². The number of nitrogens with zero attached hydrogens (tertiary/aromatic N) is 1. The number of thioether (sulfide) groups is 1. The maximum Gasteiger partial charge on any atom is 0.243 e. The minimum Gasteiger partial charge on any atom is -0.354 e. The Labute approximate surface area is 226 Å². The number of carbonyl (C=O) groups excluding carboxylic acids is 2. The van der Waals surface area contributed by atoms with Crippen LogP contribution in [-0.2, 0) is 28.3 Å². The lowest BCUT2D eigenvalue weighted by atomic mass is 10.0. The van der Waals surface area contributed by atoms with Crippen molar-refractivity contribution in [3.63, 3.8) is 0 Å². The highest BCUT2D eigenvalue weighted by atomic mass is 32.2. The van der Waals surface area contributed by atoms with Crippen molar-refractivity contribution in [2.24, 2.45) is 5.92 Å². The zero-order valence-electron chi connectivity index (χ0n) is 22.8. The fraction of sp³-hybridized carbons (Fsp3) is 0.375. The first kappa shape index (κ1) is 28.5. The van der Waals surface area contributed by atoms with Crippen LogP contribution in [0.4, 0.5) is 0 Å². The molecule has 1 atom stereocenters. The van der Waals surface area contributed by atoms with Gasteiger partial charge in [0.1, 0.15) is 6.04 Å². The van der Waals surface area contributed by atoms with E-state index in [2.05, 4.69) is 64.2 Å². The Morgan fingerprint density at radius 3 is 2.16 bits per heavy atom. The number of hydrogen-bond acceptors (Lipinski definition) is 3. The molecule has 4 nitrogen and oxygen atoms in total. The van der Waals surface area contributed by atoms with Crippen LogP contribution in [-0.4, -0.2) is 35.1 Å². The summed E-state index contributed by atoms with van der Waals surface area (Å²) < 4.78 is 0. The third-order valence-corrected chi connectivity index (χ3v) is 7.32. The molecule has 2 amide bonds. The second-order valence-electron chi connectivity index (χ2n) is 10.3. The second kappa shape index (κ2) is 14.0. The van der Waals surface area contributed by atoms with Crippen molar-refractivity contribution < 1.29 is 9.59 Å². The SMILES string of the molecule is Cc1cc(C)cc(CSCC(=O)N(Cc2ccccc2C)[C@H](Cc2ccccc2)C(=O)NCC(C)C)c1. The van der Waals surface area contributed by atoms with Gasteiger partial charge in [-0.2, -0.15) is 0 Å². The molecular weight excluding hydrogens is 476 g/mol. The molecule has 0 fully saturated rings. The van der Waals surface area contributed by atoms with Gasteiger partial charge in [0.05, 0.1) is 5.75 Å². The summed E-state index contributed by atoms with van der Waals surface area (Å²) in [5, 5.41) is 3.09. The van der Waals surface area contributed by atoms with E-state index in [-0.39, 0.29) is 11.8 Å². The van der Waals surface area contributed by atoms with Gasteiger partial charge < -0.3 is 10.2 Å². The van der Waals surface area contributed by atoms with E-state index >= 15 is 0 Å². The van der Waals surface area contributed by atoms with Crippen molar-refractivity contribution in [1.82, 2.24) is 10.2 Å². The van der Waals surface area contributed by atoms with E-state index in [4.69, 9.17) is 0 Å². The summed E-state index contributed by atoms with van der Waals surface area (Å²) >= 11 is 1.61. The number of nitrogens with one attached hydrogen (secondary N) is 1. The van der Waals surface area contributed by atoms with Gasteiger partial charge in [-0.3, -0.25) is 9.59 Å². The average molecular weight is 517 g/mol. The minimum atomic E-state index is -0.588. The first-order valence-corrected chi connectivity index (χ1v) is 14.2. The van der Waals surface area contributed by atoms with Crippen molar-refractivity contribution in [2.75, 3.05) is 12.3 Å². The van der Waals surface area contributed by atoms with Gasteiger partial charge in [0, 0.05) is 25.3 Å². The summed E-state index contributed by atoms with van der Waals surface area (Å²) in [6.07, 6.45) is 0.476. The molecule has 0 unspecified atom stereocenters. The topological polar surface area (TPSA) is 49.4 Å². The fourth-order valence-corrected chi connectivity index (χ4v) is 5.28. The third kappa shape index (κ3) is 9.08. The Bertz CT molecular complexity index is 1160. The van der Waals surface area contributed by atoms with Gasteiger partial charge in [0.25, 0.3) is 0 Å². The Morgan fingerprint density at radius 1 is 0.865 bits per heavy atom. The smallest absolute Gasteiger partial charge is 0.243 e. The van der Waals surface area contributed by atoms with E-state index < -0.39 is 6.04 Å². The van der Waals surface area contributed by atoms with Crippen molar-refractivity contribution in [3.8, 4) is 0 Å². The maximum absolute atomic E-state index is 13.8. The molecule has 3 rings (SSSR count). The lowest BCUT2D eigenvalue weighted by Crippen LogP contribution is -2.51. The Morgan fingerprint density at radius 2 is 1.51 bits per heavy atom. The molecule has 1 N–H and O–H groups in total. The summed E-state index contributed by atoms with van der Waals surface area (Å²) in [6, 6.07) is 24.0. The molecule has 0 saturated carbocycles.